The standard InChI is InChI=1S/C80H117N21O28/c1-37(2)62(75(125)95-54(35-102)73(123)88-39(4)65(115)91-50(28-44-16-18-46(105)19-17-44)70(120)94-53-26-38(3)34-101(78(53)128)55(22-25-60(111)112)74(124)86-32-57(107)90-48(68(118)83-10)20-23-56(82)106)98-72(122)52(30-61(113)114)92-66(116)40(5)89-76(126)64(42(7)104)99-71(121)51(27-43-14-12-11-13-15-43)93-77(127)63(41(6)103)97-58(108)33-85-69(119)49(21-24-59(109)110)96-79(129)80(8,9)100-67(117)47(81)29-45-31-84-36-87-45/h11-19,31,36-42,47-55,62-64,102-105H,20-30,32-35,81H2,1-10H3,(H2,82,106)(H,83,118)(H,84,87)(H,85,119)(H,86,124)(H,88,123)(H,89,126)(H,90,107)(H,91,115)(H,92,116)(H,93,127)(H,94,120)(H,95,125)(H,96,129)(H,97,108)(H,98,122)(H,99,121)(H,100,117)(H,109,110)(H,111,112)(H,113,114)/t38?,39-,40-,41?,42?,47?,48?,49?,50?,51?,52-,53-,54?,55?,62-,63-,64-/m0/s1. The molecule has 1 aromatic heterocycles. The highest BCUT2D eigenvalue weighted by atomic mass is 16.4. The summed E-state index contributed by atoms with van der Waals surface area (Å²) < 4.78 is 0. The first kappa shape index (κ1) is 107. The van der Waals surface area contributed by atoms with Gasteiger partial charge in [-0.15, -0.1) is 0 Å². The van der Waals surface area contributed by atoms with Crippen molar-refractivity contribution >= 4 is 124 Å². The monoisotopic (exact) mass is 1820 g/mol. The topological polar surface area (TPSA) is 777 Å². The van der Waals surface area contributed by atoms with Crippen molar-refractivity contribution < 1.29 is 136 Å². The first-order valence-electron chi connectivity index (χ1n) is 40.9. The van der Waals surface area contributed by atoms with Crippen LogP contribution in [0.3, 0.4) is 0 Å². The lowest BCUT2D eigenvalue weighted by Crippen LogP contribution is -2.63. The molecule has 0 radical (unpaired) electrons. The highest BCUT2D eigenvalue weighted by molar-refractivity contribution is 6.02. The normalized spacial score (nSPS) is 16.6. The van der Waals surface area contributed by atoms with E-state index < -0.39 is 290 Å². The molecule has 0 aliphatic carbocycles. The second-order valence-corrected chi connectivity index (χ2v) is 31.7. The third kappa shape index (κ3) is 36.2. The van der Waals surface area contributed by atoms with Crippen LogP contribution in [0.2, 0.25) is 0 Å². The van der Waals surface area contributed by atoms with Gasteiger partial charge in [0, 0.05) is 58.3 Å². The van der Waals surface area contributed by atoms with E-state index >= 15 is 0 Å². The number of phenols is 1. The summed E-state index contributed by atoms with van der Waals surface area (Å²) >= 11 is 0. The van der Waals surface area contributed by atoms with Crippen LogP contribution in [0.4, 0.5) is 0 Å². The van der Waals surface area contributed by atoms with Gasteiger partial charge < -0.3 is 142 Å². The summed E-state index contributed by atoms with van der Waals surface area (Å²) in [6.45, 7) is 8.19. The van der Waals surface area contributed by atoms with E-state index in [1.807, 2.05) is 0 Å². The number of imidazole rings is 1. The third-order valence-corrected chi connectivity index (χ3v) is 20.0. The molecule has 1 aliphatic rings. The summed E-state index contributed by atoms with van der Waals surface area (Å²) in [5.41, 5.74) is 10.6. The maximum Gasteiger partial charge on any atom is 0.305 e. The second-order valence-electron chi connectivity index (χ2n) is 31.7. The Labute approximate surface area is 739 Å². The number of carbonyl (C=O) groups excluding carboxylic acids is 18. The van der Waals surface area contributed by atoms with E-state index in [2.05, 4.69) is 95.0 Å². The van der Waals surface area contributed by atoms with Crippen LogP contribution in [0, 0.1) is 11.8 Å². The van der Waals surface area contributed by atoms with Crippen molar-refractivity contribution in [1.29, 1.82) is 0 Å². The number of likely N-dealkylation sites (tertiary alicyclic amines) is 1. The fourth-order valence-corrected chi connectivity index (χ4v) is 12.8. The minimum Gasteiger partial charge on any atom is -0.508 e. The number of aliphatic hydroxyl groups excluding tert-OH is 3. The Hall–Kier alpha value is -13.8. The number of rotatable bonds is 53. The Morgan fingerprint density at radius 2 is 1.00 bits per heavy atom. The van der Waals surface area contributed by atoms with Crippen LogP contribution in [-0.4, -0.2) is 310 Å². The molecule has 49 nitrogen and oxygen atoms in total. The van der Waals surface area contributed by atoms with Gasteiger partial charge in [0.2, 0.25) is 106 Å². The van der Waals surface area contributed by atoms with Crippen LogP contribution < -0.4 is 96.5 Å². The Morgan fingerprint density at radius 1 is 0.519 bits per heavy atom. The molecule has 1 saturated heterocycles. The van der Waals surface area contributed by atoms with Crippen molar-refractivity contribution in [3.05, 3.63) is 83.9 Å². The number of aromatic nitrogens is 2. The van der Waals surface area contributed by atoms with Crippen molar-refractivity contribution in [3.63, 3.8) is 0 Å². The molecule has 49 heteroatoms. The summed E-state index contributed by atoms with van der Waals surface area (Å²) in [7, 11) is 1.27. The van der Waals surface area contributed by atoms with Crippen LogP contribution in [0.1, 0.15) is 131 Å². The number of phenolic OH excluding ortho intramolecular Hbond substituents is 1. The zero-order valence-corrected chi connectivity index (χ0v) is 72.6. The molecule has 0 bridgehead atoms. The number of nitrogens with zero attached hydrogens (tertiary/aromatic N) is 2. The minimum absolute atomic E-state index is 0.0207. The number of hydrogen-bond donors (Lipinski definition) is 26. The smallest absolute Gasteiger partial charge is 0.305 e. The molecule has 129 heavy (non-hydrogen) atoms. The summed E-state index contributed by atoms with van der Waals surface area (Å²) in [5, 5.41) is 108. The van der Waals surface area contributed by atoms with Crippen LogP contribution in [0.15, 0.2) is 67.1 Å². The molecular weight excluding hydrogens is 1700 g/mol. The fraction of sp³-hybridized carbons (Fsp3) is 0.550. The van der Waals surface area contributed by atoms with Crippen molar-refractivity contribution in [1.82, 2.24) is 99.9 Å². The number of nitrogens with one attached hydrogen (secondary N) is 17. The van der Waals surface area contributed by atoms with Gasteiger partial charge in [0.15, 0.2) is 0 Å². The van der Waals surface area contributed by atoms with E-state index in [1.54, 1.807) is 25.1 Å². The first-order chi connectivity index (χ1) is 60.4. The van der Waals surface area contributed by atoms with Gasteiger partial charge in [-0.1, -0.05) is 63.2 Å². The Balaban J connectivity index is 1.44. The third-order valence-electron chi connectivity index (χ3n) is 20.0. The van der Waals surface area contributed by atoms with Crippen LogP contribution in [0.5, 0.6) is 5.75 Å². The zero-order valence-electron chi connectivity index (χ0n) is 72.6. The lowest BCUT2D eigenvalue weighted by atomic mass is 9.92. The van der Waals surface area contributed by atoms with Crippen LogP contribution in [-0.2, 0) is 120 Å². The molecule has 2 aromatic carbocycles. The number of nitrogens with two attached hydrogens (primary N) is 2. The molecule has 18 amide bonds. The molecule has 3 aromatic rings. The molecule has 2 heterocycles. The number of benzene rings is 2. The molecule has 4 rings (SSSR count). The molecule has 0 spiro atoms. The van der Waals surface area contributed by atoms with Gasteiger partial charge in [0.05, 0.1) is 56.4 Å². The average Bonchev–Trinajstić information content (AvgIpc) is 0.825. The van der Waals surface area contributed by atoms with E-state index in [4.69, 9.17) is 11.5 Å². The van der Waals surface area contributed by atoms with Crippen LogP contribution in [0.25, 0.3) is 0 Å². The number of hydrogen-bond acceptors (Lipinski definition) is 27. The van der Waals surface area contributed by atoms with E-state index in [1.165, 1.54) is 83.7 Å². The van der Waals surface area contributed by atoms with Crippen LogP contribution >= 0.6 is 0 Å². The largest absolute Gasteiger partial charge is 0.508 e. The van der Waals surface area contributed by atoms with Crippen molar-refractivity contribution in [3.8, 4) is 5.75 Å². The second kappa shape index (κ2) is 51.7. The lowest BCUT2D eigenvalue weighted by Gasteiger charge is -2.40. The Morgan fingerprint density at radius 3 is 1.54 bits per heavy atom. The van der Waals surface area contributed by atoms with E-state index in [-0.39, 0.29) is 50.8 Å². The number of aliphatic hydroxyl groups is 3. The van der Waals surface area contributed by atoms with E-state index in [0.29, 0.717) is 16.8 Å². The average molecular weight is 1820 g/mol. The Kier molecular flexibility index (Phi) is 43.1. The highest BCUT2D eigenvalue weighted by Gasteiger charge is 2.44. The quantitative estimate of drug-likeness (QED) is 0.0250. The number of aromatic hydroxyl groups is 1. The van der Waals surface area contributed by atoms with E-state index in [0.717, 1.165) is 32.6 Å². The summed E-state index contributed by atoms with van der Waals surface area (Å²) in [6.07, 6.45) is -5.51. The molecule has 1 fully saturated rings. The van der Waals surface area contributed by atoms with Crippen molar-refractivity contribution in [2.75, 3.05) is 33.3 Å². The summed E-state index contributed by atoms with van der Waals surface area (Å²) in [5.74, 6) is -25.1. The molecule has 0 saturated carbocycles. The number of likely N-dealkylation sites (N-methyl/N-ethyl adjacent to an activating group) is 1. The molecule has 28 N–H and O–H groups in total. The fourth-order valence-electron chi connectivity index (χ4n) is 12.8. The Bertz CT molecular complexity index is 4480. The van der Waals surface area contributed by atoms with Crippen molar-refractivity contribution in [2.45, 2.75) is 235 Å². The first-order valence-corrected chi connectivity index (χ1v) is 40.9. The van der Waals surface area contributed by atoms with Gasteiger partial charge in [-0.05, 0) is 102 Å². The minimum atomic E-state index is -2.06. The number of aliphatic carboxylic acids is 3. The molecule has 10 unspecified atom stereocenters. The number of H-pyrrole nitrogens is 1. The number of primary amides is 1. The van der Waals surface area contributed by atoms with Gasteiger partial charge >= 0.3 is 17.9 Å². The summed E-state index contributed by atoms with van der Waals surface area (Å²) in [6, 6.07) is -10.2. The molecule has 1 aliphatic heterocycles. The van der Waals surface area contributed by atoms with E-state index in [9.17, 15) is 136 Å². The lowest BCUT2D eigenvalue weighted by molar-refractivity contribution is -0.149. The number of carboxylic acids is 3. The van der Waals surface area contributed by atoms with Gasteiger partial charge in [-0.2, -0.15) is 0 Å². The zero-order chi connectivity index (χ0) is 97.0. The van der Waals surface area contributed by atoms with Crippen molar-refractivity contribution in [2.24, 2.45) is 23.3 Å². The molecule has 710 valence electrons. The summed E-state index contributed by atoms with van der Waals surface area (Å²) in [4.78, 5) is 288. The highest BCUT2D eigenvalue weighted by Crippen LogP contribution is 2.24. The molecule has 17 atom stereocenters. The predicted octanol–water partition coefficient (Wildman–Crippen LogP) is -9.68. The maximum atomic E-state index is 14.4. The number of amides is 18. The number of aromatic amines is 1. The predicted molar refractivity (Wildman–Crippen MR) is 448 cm³/mol. The van der Waals surface area contributed by atoms with Gasteiger partial charge in [-0.25, -0.2) is 4.98 Å². The SMILES string of the molecule is CNC(=O)C(CCC(N)=O)NC(=O)CNC(=O)C(CCC(=O)O)N1CC(C)C[C@H](NC(=O)C(Cc2ccc(O)cc2)NC(=O)[C@H](C)NC(=O)C(CO)NC(=O)[C@@H](NC(=O)[C@H](CC(=O)O)NC(=O)[C@H](C)NC(=O)[C@@H](NC(=O)C(Cc2ccccc2)NC(=O)[C@@H](NC(=O)CNC(=O)C(CCC(=O)O)NC(=O)C(C)(C)NC(=O)C(N)Cc2c[nH]cn2)C(C)O)C(C)O)C(C)C)C1=O. The van der Waals surface area contributed by atoms with Gasteiger partial charge in [0.25, 0.3) is 0 Å². The number of piperidine rings is 1. The van der Waals surface area contributed by atoms with Gasteiger partial charge in [0.1, 0.15) is 89.8 Å². The number of carbonyl (C=O) groups is 21. The van der Waals surface area contributed by atoms with Gasteiger partial charge in [-0.3, -0.25) is 101 Å². The number of carboxylic acid groups (broad SMARTS) is 3. The molecular formula is C80H117N21O28. The maximum absolute atomic E-state index is 14.4.